The quantitative estimate of drug-likeness (QED) is 0.620. The van der Waals surface area contributed by atoms with Crippen LogP contribution in [0, 0.1) is 0 Å². The molecule has 0 aliphatic heterocycles. The average molecular weight is 161 g/mol. The van der Waals surface area contributed by atoms with E-state index < -0.39 is 12.2 Å². The van der Waals surface area contributed by atoms with Gasteiger partial charge in [0, 0.05) is 0 Å². The summed E-state index contributed by atoms with van der Waals surface area (Å²) in [5.41, 5.74) is 0. The van der Waals surface area contributed by atoms with Gasteiger partial charge in [-0.05, 0) is 13.8 Å². The Labute approximate surface area is 64.7 Å². The maximum Gasteiger partial charge on any atom is 0.416 e. The van der Waals surface area contributed by atoms with E-state index in [0.29, 0.717) is 0 Å². The van der Waals surface area contributed by atoms with Gasteiger partial charge in [0.1, 0.15) is 0 Å². The molecule has 0 radical (unpaired) electrons. The molecular formula is C6H11NO4. The van der Waals surface area contributed by atoms with Crippen molar-refractivity contribution in [3.05, 3.63) is 0 Å². The minimum absolute atomic E-state index is 0.250. The van der Waals surface area contributed by atoms with E-state index in [1.807, 2.05) is 5.32 Å². The molecule has 0 saturated heterocycles. The Morgan fingerprint density at radius 2 is 1.82 bits per heavy atom. The van der Waals surface area contributed by atoms with Crippen LogP contribution in [0.3, 0.4) is 0 Å². The van der Waals surface area contributed by atoms with E-state index >= 15 is 0 Å². The van der Waals surface area contributed by atoms with Crippen LogP contribution in [0.2, 0.25) is 0 Å². The first-order valence-electron chi connectivity index (χ1n) is 3.12. The molecule has 0 bridgehead atoms. The van der Waals surface area contributed by atoms with Crippen molar-refractivity contribution in [3.63, 3.8) is 0 Å². The zero-order valence-corrected chi connectivity index (χ0v) is 6.71. The molecule has 0 aliphatic rings. The Balaban J connectivity index is 3.61. The number of carbonyl (C=O) groups excluding carboxylic acids is 2. The number of nitrogens with one attached hydrogen (secondary N) is 1. The number of hydrogen-bond donors (Lipinski definition) is 1. The molecule has 0 rings (SSSR count). The fraction of sp³-hybridized carbons (Fsp3) is 0.667. The molecule has 11 heavy (non-hydrogen) atoms. The molecule has 0 spiro atoms. The average Bonchev–Trinajstić information content (AvgIpc) is 1.85. The van der Waals surface area contributed by atoms with Gasteiger partial charge in [-0.3, -0.25) is 0 Å². The second-order valence-corrected chi connectivity index (χ2v) is 2.07. The first-order valence-corrected chi connectivity index (χ1v) is 3.12. The van der Waals surface area contributed by atoms with Crippen molar-refractivity contribution in [3.8, 4) is 0 Å². The minimum atomic E-state index is -0.823. The van der Waals surface area contributed by atoms with Gasteiger partial charge in [-0.15, -0.1) is 0 Å². The van der Waals surface area contributed by atoms with Crippen LogP contribution < -0.4 is 5.32 Å². The molecule has 0 aromatic heterocycles. The highest BCUT2D eigenvalue weighted by Gasteiger charge is 2.08. The molecule has 0 fully saturated rings. The van der Waals surface area contributed by atoms with Crippen molar-refractivity contribution >= 4 is 12.2 Å². The van der Waals surface area contributed by atoms with Crippen molar-refractivity contribution in [1.29, 1.82) is 0 Å². The monoisotopic (exact) mass is 161 g/mol. The van der Waals surface area contributed by atoms with Crippen molar-refractivity contribution in [2.75, 3.05) is 7.11 Å². The van der Waals surface area contributed by atoms with E-state index in [4.69, 9.17) is 0 Å². The van der Waals surface area contributed by atoms with Gasteiger partial charge >= 0.3 is 12.2 Å². The van der Waals surface area contributed by atoms with Crippen LogP contribution in [-0.4, -0.2) is 25.4 Å². The number of imide groups is 1. The predicted molar refractivity (Wildman–Crippen MR) is 37.2 cm³/mol. The first kappa shape index (κ1) is 9.74. The number of ether oxygens (including phenoxy) is 2. The van der Waals surface area contributed by atoms with Crippen LogP contribution >= 0.6 is 0 Å². The summed E-state index contributed by atoms with van der Waals surface area (Å²) in [6.07, 6.45) is -1.87. The molecule has 5 heteroatoms. The Bertz CT molecular complexity index is 155. The van der Waals surface area contributed by atoms with Crippen molar-refractivity contribution in [2.24, 2.45) is 0 Å². The second kappa shape index (κ2) is 4.54. The van der Waals surface area contributed by atoms with Crippen LogP contribution in [0.4, 0.5) is 9.59 Å². The van der Waals surface area contributed by atoms with Gasteiger partial charge in [0.15, 0.2) is 0 Å². The third kappa shape index (κ3) is 5.20. The van der Waals surface area contributed by atoms with E-state index in [-0.39, 0.29) is 6.10 Å². The van der Waals surface area contributed by atoms with Crippen LogP contribution in [0.1, 0.15) is 13.8 Å². The third-order valence-corrected chi connectivity index (χ3v) is 0.732. The number of alkyl carbamates (subject to hydrolysis) is 2. The number of rotatable bonds is 1. The van der Waals surface area contributed by atoms with Crippen LogP contribution in [-0.2, 0) is 9.47 Å². The van der Waals surface area contributed by atoms with Gasteiger partial charge in [0.25, 0.3) is 0 Å². The molecule has 0 aliphatic carbocycles. The zero-order valence-electron chi connectivity index (χ0n) is 6.71. The second-order valence-electron chi connectivity index (χ2n) is 2.07. The van der Waals surface area contributed by atoms with Crippen molar-refractivity contribution in [1.82, 2.24) is 5.32 Å². The maximum atomic E-state index is 10.6. The number of carbonyl (C=O) groups is 2. The highest BCUT2D eigenvalue weighted by atomic mass is 16.6. The Hall–Kier alpha value is -1.26. The fourth-order valence-electron chi connectivity index (χ4n) is 0.378. The molecule has 0 unspecified atom stereocenters. The van der Waals surface area contributed by atoms with Gasteiger partial charge in [-0.25, -0.2) is 14.9 Å². The van der Waals surface area contributed by atoms with Gasteiger partial charge in [0.05, 0.1) is 13.2 Å². The molecule has 0 heterocycles. The molecule has 64 valence electrons. The molecule has 0 atom stereocenters. The SMILES string of the molecule is COC(=O)NC(=O)OC(C)C. The Morgan fingerprint density at radius 1 is 1.27 bits per heavy atom. The summed E-state index contributed by atoms with van der Waals surface area (Å²) in [4.78, 5) is 21.0. The summed E-state index contributed by atoms with van der Waals surface area (Å²) in [6, 6.07) is 0. The smallest absolute Gasteiger partial charge is 0.416 e. The largest absolute Gasteiger partial charge is 0.453 e. The fourth-order valence-corrected chi connectivity index (χ4v) is 0.378. The first-order chi connectivity index (χ1) is 5.06. The van der Waals surface area contributed by atoms with E-state index in [9.17, 15) is 9.59 Å². The third-order valence-electron chi connectivity index (χ3n) is 0.732. The van der Waals surface area contributed by atoms with Gasteiger partial charge in [0.2, 0.25) is 0 Å². The van der Waals surface area contributed by atoms with E-state index in [2.05, 4.69) is 9.47 Å². The highest BCUT2D eigenvalue weighted by Crippen LogP contribution is 1.87. The van der Waals surface area contributed by atoms with Gasteiger partial charge < -0.3 is 9.47 Å². The summed E-state index contributed by atoms with van der Waals surface area (Å²) >= 11 is 0. The Kier molecular flexibility index (Phi) is 4.02. The molecule has 0 aromatic carbocycles. The summed E-state index contributed by atoms with van der Waals surface area (Å²) in [5, 5.41) is 1.84. The lowest BCUT2D eigenvalue weighted by molar-refractivity contribution is 0.110. The normalized spacial score (nSPS) is 9.09. The predicted octanol–water partition coefficient (Wildman–Crippen LogP) is 0.887. The molecule has 5 nitrogen and oxygen atoms in total. The summed E-state index contributed by atoms with van der Waals surface area (Å²) in [7, 11) is 1.16. The summed E-state index contributed by atoms with van der Waals surface area (Å²) in [6.45, 7) is 3.35. The molecule has 0 saturated carbocycles. The summed E-state index contributed by atoms with van der Waals surface area (Å²) < 4.78 is 8.72. The molecule has 0 aromatic rings. The lowest BCUT2D eigenvalue weighted by Crippen LogP contribution is -2.32. The standard InChI is InChI=1S/C6H11NO4/c1-4(2)11-6(9)7-5(8)10-3/h4H,1-3H3,(H,7,8,9). The lowest BCUT2D eigenvalue weighted by Gasteiger charge is -2.06. The van der Waals surface area contributed by atoms with E-state index in [1.54, 1.807) is 13.8 Å². The van der Waals surface area contributed by atoms with Gasteiger partial charge in [-0.1, -0.05) is 0 Å². The van der Waals surface area contributed by atoms with Crippen LogP contribution in [0.25, 0.3) is 0 Å². The topological polar surface area (TPSA) is 64.6 Å². The lowest BCUT2D eigenvalue weighted by atomic mass is 10.5. The number of hydrogen-bond acceptors (Lipinski definition) is 4. The van der Waals surface area contributed by atoms with E-state index in [1.165, 1.54) is 0 Å². The number of methoxy groups -OCH3 is 1. The number of amides is 2. The highest BCUT2D eigenvalue weighted by molar-refractivity contribution is 5.87. The van der Waals surface area contributed by atoms with Crippen molar-refractivity contribution < 1.29 is 19.1 Å². The minimum Gasteiger partial charge on any atom is -0.453 e. The maximum absolute atomic E-state index is 10.6. The van der Waals surface area contributed by atoms with Crippen LogP contribution in [0.5, 0.6) is 0 Å². The summed E-state index contributed by atoms with van der Waals surface area (Å²) in [5.74, 6) is 0. The molecule has 1 N–H and O–H groups in total. The van der Waals surface area contributed by atoms with Crippen molar-refractivity contribution in [2.45, 2.75) is 20.0 Å². The molecule has 2 amide bonds. The molecular weight excluding hydrogens is 150 g/mol. The zero-order chi connectivity index (χ0) is 8.85. The van der Waals surface area contributed by atoms with Gasteiger partial charge in [-0.2, -0.15) is 0 Å². The van der Waals surface area contributed by atoms with E-state index in [0.717, 1.165) is 7.11 Å². The van der Waals surface area contributed by atoms with Crippen LogP contribution in [0.15, 0.2) is 0 Å². The Morgan fingerprint density at radius 3 is 2.18 bits per heavy atom.